The van der Waals surface area contributed by atoms with Crippen LogP contribution in [0.25, 0.3) is 32.9 Å². The van der Waals surface area contributed by atoms with E-state index in [1.807, 2.05) is 4.90 Å². The van der Waals surface area contributed by atoms with Crippen LogP contribution in [-0.4, -0.2) is 87.2 Å². The number of carbonyl (C=O) groups excluding carboxylic acids is 1. The summed E-state index contributed by atoms with van der Waals surface area (Å²) in [4.78, 5) is 33.6. The van der Waals surface area contributed by atoms with Gasteiger partial charge in [-0.2, -0.15) is 15.2 Å². The van der Waals surface area contributed by atoms with Crippen LogP contribution in [-0.2, 0) is 4.79 Å². The molecule has 2 atom stereocenters. The van der Waals surface area contributed by atoms with Crippen molar-refractivity contribution in [2.24, 2.45) is 17.3 Å². The van der Waals surface area contributed by atoms with Gasteiger partial charge in [-0.1, -0.05) is 12.0 Å². The molecule has 4 aromatic rings. The predicted octanol–water partition coefficient (Wildman–Crippen LogP) is 5.41. The highest BCUT2D eigenvalue weighted by Gasteiger charge is 2.53. The molecule has 9 rings (SSSR count). The monoisotopic (exact) mass is 689 g/mol. The molecular formula is C39H37F2N7O3. The average Bonchev–Trinajstić information content (AvgIpc) is 3.65. The van der Waals surface area contributed by atoms with E-state index in [1.54, 1.807) is 0 Å². The Morgan fingerprint density at radius 2 is 1.86 bits per heavy atom. The molecule has 5 aliphatic rings. The van der Waals surface area contributed by atoms with Crippen LogP contribution < -0.4 is 9.64 Å². The number of aromatic hydroxyl groups is 1. The van der Waals surface area contributed by atoms with Crippen molar-refractivity contribution in [1.82, 2.24) is 24.8 Å². The lowest BCUT2D eigenvalue weighted by molar-refractivity contribution is -0.145. The standard InChI is InChI=1S/C39H37F2N7O3/c1-2-26-30(40)7-6-23-14-25(49)16-28(31(23)26)33-32(41)34-29(18-43-33)35(45-37(44-34)51-22-39-9-4-12-48(39)13-5-10-39)46-11-3-8-38(19-46)20-47(21-38)36(50)27-15-24(27)17-42/h1,6-7,14,16,18,24,27,49H,3-5,8-13,15,19-22H2/t24-,27+/m0/s1. The maximum Gasteiger partial charge on any atom is 0.319 e. The Hall–Kier alpha value is -5.07. The van der Waals surface area contributed by atoms with Gasteiger partial charge >= 0.3 is 6.01 Å². The summed E-state index contributed by atoms with van der Waals surface area (Å²) in [6, 6.07) is 7.79. The van der Waals surface area contributed by atoms with Crippen molar-refractivity contribution in [2.75, 3.05) is 50.8 Å². The van der Waals surface area contributed by atoms with Crippen molar-refractivity contribution >= 4 is 33.4 Å². The van der Waals surface area contributed by atoms with Gasteiger partial charge in [-0.25, -0.2) is 8.78 Å². The molecule has 51 heavy (non-hydrogen) atoms. The molecule has 5 fully saturated rings. The molecule has 4 aliphatic heterocycles. The molecule has 1 amide bonds. The normalized spacial score (nSPS) is 23.2. The number of amides is 1. The number of phenolic OH excluding ortho intramolecular Hbond substituents is 1. The van der Waals surface area contributed by atoms with Crippen LogP contribution in [0.1, 0.15) is 50.5 Å². The predicted molar refractivity (Wildman–Crippen MR) is 186 cm³/mol. The van der Waals surface area contributed by atoms with Crippen molar-refractivity contribution in [3.63, 3.8) is 0 Å². The van der Waals surface area contributed by atoms with Crippen molar-refractivity contribution < 1.29 is 23.4 Å². The zero-order valence-electron chi connectivity index (χ0n) is 28.2. The zero-order chi connectivity index (χ0) is 35.1. The Bertz CT molecular complexity index is 2200. The molecule has 2 aromatic heterocycles. The number of terminal acetylenes is 1. The molecule has 260 valence electrons. The van der Waals surface area contributed by atoms with Crippen LogP contribution in [0.4, 0.5) is 14.6 Å². The Kier molecular flexibility index (Phi) is 7.34. The Balaban J connectivity index is 1.11. The fraction of sp³-hybridized carbons (Fsp3) is 0.462. The molecule has 6 heterocycles. The third-order valence-electron chi connectivity index (χ3n) is 12.0. The third kappa shape index (κ3) is 5.14. The molecule has 10 nitrogen and oxygen atoms in total. The van der Waals surface area contributed by atoms with E-state index < -0.39 is 11.6 Å². The number of hydrogen-bond acceptors (Lipinski definition) is 9. The summed E-state index contributed by atoms with van der Waals surface area (Å²) in [5.74, 6) is 1.05. The Morgan fingerprint density at radius 1 is 1.08 bits per heavy atom. The number of carbonyl (C=O) groups is 1. The second-order valence-electron chi connectivity index (χ2n) is 15.2. The maximum atomic E-state index is 17.0. The number of pyridine rings is 1. The van der Waals surface area contributed by atoms with Gasteiger partial charge in [0.15, 0.2) is 5.82 Å². The number of halogens is 2. The van der Waals surface area contributed by atoms with Gasteiger partial charge in [0.2, 0.25) is 5.91 Å². The zero-order valence-corrected chi connectivity index (χ0v) is 28.2. The van der Waals surface area contributed by atoms with Gasteiger partial charge in [-0.15, -0.1) is 6.42 Å². The first kappa shape index (κ1) is 31.9. The van der Waals surface area contributed by atoms with Crippen LogP contribution in [0.3, 0.4) is 0 Å². The van der Waals surface area contributed by atoms with Gasteiger partial charge in [0.1, 0.15) is 35.2 Å². The quantitative estimate of drug-likeness (QED) is 0.266. The number of piperidine rings is 1. The van der Waals surface area contributed by atoms with Crippen molar-refractivity contribution in [1.29, 1.82) is 5.26 Å². The highest BCUT2D eigenvalue weighted by atomic mass is 19.1. The number of anilines is 1. The minimum absolute atomic E-state index is 0.00340. The number of ether oxygens (including phenoxy) is 1. The Morgan fingerprint density at radius 3 is 2.61 bits per heavy atom. The lowest BCUT2D eigenvalue weighted by Crippen LogP contribution is -2.64. The first-order valence-electron chi connectivity index (χ1n) is 17.8. The lowest BCUT2D eigenvalue weighted by Gasteiger charge is -2.55. The van der Waals surface area contributed by atoms with E-state index in [0.29, 0.717) is 55.8 Å². The molecule has 1 saturated carbocycles. The van der Waals surface area contributed by atoms with E-state index in [1.165, 1.54) is 30.5 Å². The summed E-state index contributed by atoms with van der Waals surface area (Å²) in [6.45, 7) is 4.95. The molecule has 2 aromatic carbocycles. The summed E-state index contributed by atoms with van der Waals surface area (Å²) in [5.41, 5.74) is -0.251. The fourth-order valence-corrected chi connectivity index (χ4v) is 9.34. The molecule has 0 unspecified atom stereocenters. The average molecular weight is 690 g/mol. The minimum Gasteiger partial charge on any atom is -0.508 e. The van der Waals surface area contributed by atoms with E-state index in [0.717, 1.165) is 51.6 Å². The highest BCUT2D eigenvalue weighted by Crippen LogP contribution is 2.47. The summed E-state index contributed by atoms with van der Waals surface area (Å²) in [5, 5.41) is 21.0. The van der Waals surface area contributed by atoms with E-state index in [-0.39, 0.29) is 68.2 Å². The van der Waals surface area contributed by atoms with Crippen molar-refractivity contribution in [2.45, 2.75) is 50.5 Å². The van der Waals surface area contributed by atoms with Crippen molar-refractivity contribution in [3.05, 3.63) is 47.7 Å². The van der Waals surface area contributed by atoms with Gasteiger partial charge in [0.05, 0.1) is 34.4 Å². The number of nitriles is 1. The minimum atomic E-state index is -0.759. The number of aromatic nitrogens is 3. The summed E-state index contributed by atoms with van der Waals surface area (Å²) < 4.78 is 38.3. The summed E-state index contributed by atoms with van der Waals surface area (Å²) in [6.07, 6.45) is 13.9. The van der Waals surface area contributed by atoms with Crippen LogP contribution in [0.5, 0.6) is 11.8 Å². The van der Waals surface area contributed by atoms with Crippen LogP contribution >= 0.6 is 0 Å². The molecule has 1 N–H and O–H groups in total. The van der Waals surface area contributed by atoms with Gasteiger partial charge in [0, 0.05) is 48.7 Å². The molecule has 4 saturated heterocycles. The van der Waals surface area contributed by atoms with E-state index in [9.17, 15) is 19.6 Å². The molecule has 0 bridgehead atoms. The number of phenols is 1. The Labute approximate surface area is 294 Å². The van der Waals surface area contributed by atoms with Gasteiger partial charge in [0.25, 0.3) is 0 Å². The van der Waals surface area contributed by atoms with Crippen LogP contribution in [0, 0.1) is 52.6 Å². The van der Waals surface area contributed by atoms with Crippen molar-refractivity contribution in [3.8, 4) is 41.4 Å². The maximum absolute atomic E-state index is 17.0. The molecule has 1 spiro atoms. The molecule has 12 heteroatoms. The van der Waals surface area contributed by atoms with Gasteiger partial charge in [-0.3, -0.25) is 14.7 Å². The summed E-state index contributed by atoms with van der Waals surface area (Å²) >= 11 is 0. The number of rotatable bonds is 6. The first-order valence-corrected chi connectivity index (χ1v) is 17.8. The number of fused-ring (bicyclic) bond motifs is 3. The molecule has 0 radical (unpaired) electrons. The molecular weight excluding hydrogens is 652 g/mol. The number of nitrogens with zero attached hydrogens (tertiary/aromatic N) is 7. The SMILES string of the molecule is C#Cc1c(F)ccc2cc(O)cc(-c3ncc4c(N5CCCC6(CN(C(=O)[C@@H]7C[C@H]7C#N)C6)C5)nc(OCC56CCCN5CCC6)nc4c3F)c12. The number of hydrogen-bond donors (Lipinski definition) is 1. The first-order chi connectivity index (χ1) is 24.7. The van der Waals surface area contributed by atoms with Crippen LogP contribution in [0.15, 0.2) is 30.5 Å². The largest absolute Gasteiger partial charge is 0.508 e. The van der Waals surface area contributed by atoms with E-state index in [2.05, 4.69) is 31.8 Å². The summed E-state index contributed by atoms with van der Waals surface area (Å²) in [7, 11) is 0. The molecule has 1 aliphatic carbocycles. The third-order valence-corrected chi connectivity index (χ3v) is 12.0. The van der Waals surface area contributed by atoms with Crippen LogP contribution in [0.2, 0.25) is 0 Å². The lowest BCUT2D eigenvalue weighted by atomic mass is 9.73. The van der Waals surface area contributed by atoms with E-state index >= 15 is 4.39 Å². The smallest absolute Gasteiger partial charge is 0.319 e. The van der Waals surface area contributed by atoms with Gasteiger partial charge < -0.3 is 19.6 Å². The highest BCUT2D eigenvalue weighted by molar-refractivity contribution is 6.03. The second kappa shape index (κ2) is 11.7. The second-order valence-corrected chi connectivity index (χ2v) is 15.2. The number of likely N-dealkylation sites (tertiary alicyclic amines) is 1. The van der Waals surface area contributed by atoms with Gasteiger partial charge in [-0.05, 0) is 81.6 Å². The van der Waals surface area contributed by atoms with E-state index in [4.69, 9.17) is 16.1 Å². The fourth-order valence-electron chi connectivity index (χ4n) is 9.34. The topological polar surface area (TPSA) is 119 Å². The number of benzene rings is 2.